The minimum atomic E-state index is -3.46. The fourth-order valence-electron chi connectivity index (χ4n) is 2.16. The number of carbonyl (C=O) groups is 1. The van der Waals surface area contributed by atoms with Gasteiger partial charge in [-0.3, -0.25) is 4.79 Å². The van der Waals surface area contributed by atoms with Crippen LogP contribution in [0, 0.1) is 0 Å². The number of carbonyl (C=O) groups excluding carboxylic acids is 1. The number of amides is 1. The Morgan fingerprint density at radius 3 is 2.32 bits per heavy atom. The van der Waals surface area contributed by atoms with E-state index in [-0.39, 0.29) is 17.2 Å². The van der Waals surface area contributed by atoms with Crippen molar-refractivity contribution in [3.05, 3.63) is 58.1 Å². The van der Waals surface area contributed by atoms with Gasteiger partial charge in [0.1, 0.15) is 0 Å². The summed E-state index contributed by atoms with van der Waals surface area (Å²) in [5.74, 6) is -0.164. The Hall–Kier alpha value is -1.60. The number of benzene rings is 2. The van der Waals surface area contributed by atoms with Crippen LogP contribution in [0.15, 0.2) is 47.4 Å². The molecule has 0 aliphatic carbocycles. The van der Waals surface area contributed by atoms with Gasteiger partial charge in [0.25, 0.3) is 0 Å². The van der Waals surface area contributed by atoms with Crippen molar-refractivity contribution in [2.24, 2.45) is 0 Å². The second-order valence-electron chi connectivity index (χ2n) is 5.32. The molecule has 0 saturated heterocycles. The minimum absolute atomic E-state index is 0.164. The van der Waals surface area contributed by atoms with Crippen molar-refractivity contribution in [2.75, 3.05) is 11.9 Å². The number of anilines is 1. The van der Waals surface area contributed by atoms with Crippen LogP contribution in [0.25, 0.3) is 0 Å². The minimum Gasteiger partial charge on any atom is -0.326 e. The van der Waals surface area contributed by atoms with Crippen molar-refractivity contribution < 1.29 is 13.2 Å². The zero-order chi connectivity index (χ0) is 18.4. The van der Waals surface area contributed by atoms with Crippen LogP contribution in [0.3, 0.4) is 0 Å². The maximum atomic E-state index is 12.0. The molecule has 8 heteroatoms. The number of hydrogen-bond acceptors (Lipinski definition) is 3. The Balaban J connectivity index is 1.92. The highest BCUT2D eigenvalue weighted by atomic mass is 35.5. The average Bonchev–Trinajstić information content (AvgIpc) is 2.57. The Kier molecular flexibility index (Phi) is 6.84. The van der Waals surface area contributed by atoms with Gasteiger partial charge in [-0.25, -0.2) is 13.1 Å². The van der Waals surface area contributed by atoms with E-state index < -0.39 is 10.0 Å². The van der Waals surface area contributed by atoms with E-state index in [9.17, 15) is 13.2 Å². The summed E-state index contributed by atoms with van der Waals surface area (Å²) < 4.78 is 26.2. The summed E-state index contributed by atoms with van der Waals surface area (Å²) in [4.78, 5) is 12.2. The Morgan fingerprint density at radius 1 is 1.04 bits per heavy atom. The number of halogens is 2. The maximum absolute atomic E-state index is 12.0. The monoisotopic (exact) mass is 400 g/mol. The van der Waals surface area contributed by atoms with E-state index in [4.69, 9.17) is 23.2 Å². The van der Waals surface area contributed by atoms with Gasteiger partial charge in [0.15, 0.2) is 0 Å². The second kappa shape index (κ2) is 8.67. The van der Waals surface area contributed by atoms with Crippen LogP contribution < -0.4 is 10.0 Å². The van der Waals surface area contributed by atoms with Gasteiger partial charge in [0, 0.05) is 18.7 Å². The van der Waals surface area contributed by atoms with Crippen LogP contribution in [0.2, 0.25) is 10.0 Å². The van der Waals surface area contributed by atoms with Gasteiger partial charge in [-0.05, 0) is 42.3 Å². The molecule has 0 unspecified atom stereocenters. The van der Waals surface area contributed by atoms with Crippen molar-refractivity contribution >= 4 is 44.8 Å². The summed E-state index contributed by atoms with van der Waals surface area (Å²) in [6.45, 7) is 2.05. The van der Waals surface area contributed by atoms with Crippen LogP contribution in [0.4, 0.5) is 5.69 Å². The fraction of sp³-hybridized carbons (Fsp3) is 0.235. The molecule has 134 valence electrons. The van der Waals surface area contributed by atoms with Crippen LogP contribution in [0.1, 0.15) is 18.9 Å². The molecule has 0 saturated carbocycles. The van der Waals surface area contributed by atoms with E-state index in [1.807, 2.05) is 0 Å². The molecule has 2 N–H and O–H groups in total. The van der Waals surface area contributed by atoms with Gasteiger partial charge in [-0.1, -0.05) is 42.3 Å². The van der Waals surface area contributed by atoms with Crippen molar-refractivity contribution in [1.29, 1.82) is 0 Å². The summed E-state index contributed by atoms with van der Waals surface area (Å²) in [6.07, 6.45) is 0.758. The molecule has 2 aromatic rings. The molecule has 5 nitrogen and oxygen atoms in total. The summed E-state index contributed by atoms with van der Waals surface area (Å²) in [7, 11) is -3.46. The SMILES string of the molecule is CCNS(=O)(=O)c1ccc(CCC(=O)Nc2ccc(Cl)c(Cl)c2)cc1. The molecule has 0 aromatic heterocycles. The van der Waals surface area contributed by atoms with Crippen molar-refractivity contribution in [3.63, 3.8) is 0 Å². The molecular weight excluding hydrogens is 383 g/mol. The molecule has 2 aromatic carbocycles. The van der Waals surface area contributed by atoms with E-state index in [0.29, 0.717) is 28.7 Å². The van der Waals surface area contributed by atoms with Gasteiger partial charge < -0.3 is 5.32 Å². The van der Waals surface area contributed by atoms with Gasteiger partial charge >= 0.3 is 0 Å². The van der Waals surface area contributed by atoms with Crippen molar-refractivity contribution in [2.45, 2.75) is 24.7 Å². The molecule has 0 fully saturated rings. The predicted octanol–water partition coefficient (Wildman–Crippen LogP) is 3.86. The molecular formula is C17H18Cl2N2O3S. The smallest absolute Gasteiger partial charge is 0.240 e. The number of nitrogens with one attached hydrogen (secondary N) is 2. The topological polar surface area (TPSA) is 75.3 Å². The first-order valence-electron chi connectivity index (χ1n) is 7.65. The normalized spacial score (nSPS) is 11.3. The standard InChI is InChI=1S/C17H18Cl2N2O3S/c1-2-20-25(23,24)14-7-3-12(4-8-14)5-10-17(22)21-13-6-9-15(18)16(19)11-13/h3-4,6-9,11,20H,2,5,10H2,1H3,(H,21,22). The third-order valence-corrected chi connectivity index (χ3v) is 5.71. The zero-order valence-corrected chi connectivity index (χ0v) is 15.9. The highest BCUT2D eigenvalue weighted by molar-refractivity contribution is 7.89. The molecule has 1 amide bonds. The average molecular weight is 401 g/mol. The summed E-state index contributed by atoms with van der Waals surface area (Å²) in [5, 5.41) is 3.54. The predicted molar refractivity (Wildman–Crippen MR) is 101 cm³/mol. The first kappa shape index (κ1) is 19.7. The lowest BCUT2D eigenvalue weighted by molar-refractivity contribution is -0.116. The van der Waals surface area contributed by atoms with Crippen LogP contribution in [-0.4, -0.2) is 20.9 Å². The van der Waals surface area contributed by atoms with Crippen LogP contribution >= 0.6 is 23.2 Å². The second-order valence-corrected chi connectivity index (χ2v) is 7.90. The molecule has 2 rings (SSSR count). The largest absolute Gasteiger partial charge is 0.326 e. The van der Waals surface area contributed by atoms with E-state index >= 15 is 0 Å². The van der Waals surface area contributed by atoms with E-state index in [2.05, 4.69) is 10.0 Å². The van der Waals surface area contributed by atoms with E-state index in [1.165, 1.54) is 12.1 Å². The lowest BCUT2D eigenvalue weighted by Gasteiger charge is -2.08. The molecule has 0 aliphatic rings. The fourth-order valence-corrected chi connectivity index (χ4v) is 3.50. The maximum Gasteiger partial charge on any atom is 0.240 e. The highest BCUT2D eigenvalue weighted by Gasteiger charge is 2.12. The Bertz CT molecular complexity index is 853. The van der Waals surface area contributed by atoms with Gasteiger partial charge in [-0.15, -0.1) is 0 Å². The molecule has 25 heavy (non-hydrogen) atoms. The van der Waals surface area contributed by atoms with Crippen LogP contribution in [-0.2, 0) is 21.2 Å². The number of sulfonamides is 1. The quantitative estimate of drug-likeness (QED) is 0.740. The lowest BCUT2D eigenvalue weighted by Crippen LogP contribution is -2.23. The van der Waals surface area contributed by atoms with Crippen molar-refractivity contribution in [1.82, 2.24) is 4.72 Å². The van der Waals surface area contributed by atoms with Gasteiger partial charge in [-0.2, -0.15) is 0 Å². The third kappa shape index (κ3) is 5.71. The summed E-state index contributed by atoms with van der Waals surface area (Å²) in [6, 6.07) is 11.3. The van der Waals surface area contributed by atoms with Gasteiger partial charge in [0.05, 0.1) is 14.9 Å². The Labute approximate surface area is 157 Å². The Morgan fingerprint density at radius 2 is 1.72 bits per heavy atom. The molecule has 0 heterocycles. The summed E-state index contributed by atoms with van der Waals surface area (Å²) >= 11 is 11.7. The van der Waals surface area contributed by atoms with Crippen LogP contribution in [0.5, 0.6) is 0 Å². The third-order valence-electron chi connectivity index (χ3n) is 3.41. The lowest BCUT2D eigenvalue weighted by atomic mass is 10.1. The number of hydrogen-bond donors (Lipinski definition) is 2. The first-order chi connectivity index (χ1) is 11.8. The number of aryl methyl sites for hydroxylation is 1. The molecule has 0 aliphatic heterocycles. The van der Waals surface area contributed by atoms with Gasteiger partial charge in [0.2, 0.25) is 15.9 Å². The first-order valence-corrected chi connectivity index (χ1v) is 9.89. The van der Waals surface area contributed by atoms with Crippen molar-refractivity contribution in [3.8, 4) is 0 Å². The number of rotatable bonds is 7. The molecule has 0 atom stereocenters. The molecule has 0 bridgehead atoms. The highest BCUT2D eigenvalue weighted by Crippen LogP contribution is 2.25. The molecule has 0 radical (unpaired) electrons. The summed E-state index contributed by atoms with van der Waals surface area (Å²) in [5.41, 5.74) is 1.45. The van der Waals surface area contributed by atoms with E-state index in [0.717, 1.165) is 5.56 Å². The molecule has 0 spiro atoms. The zero-order valence-electron chi connectivity index (χ0n) is 13.6. The van der Waals surface area contributed by atoms with E-state index in [1.54, 1.807) is 37.3 Å².